The van der Waals surface area contributed by atoms with Gasteiger partial charge in [-0.05, 0) is 43.4 Å². The van der Waals surface area contributed by atoms with Crippen molar-refractivity contribution in [3.8, 4) is 0 Å². The molecular weight excluding hydrogens is 396 g/mol. The largest absolute Gasteiger partial charge is 0.380 e. The van der Waals surface area contributed by atoms with Crippen molar-refractivity contribution in [2.24, 2.45) is 0 Å². The molecule has 5 nitrogen and oxygen atoms in total. The molecule has 1 atom stereocenters. The molecular formula is C21H23ClN2O3S. The number of benzene rings is 1. The van der Waals surface area contributed by atoms with Gasteiger partial charge in [0.05, 0.1) is 17.6 Å². The fourth-order valence-corrected chi connectivity index (χ4v) is 5.61. The van der Waals surface area contributed by atoms with Gasteiger partial charge in [0.2, 0.25) is 5.91 Å². The van der Waals surface area contributed by atoms with Gasteiger partial charge in [-0.2, -0.15) is 0 Å². The fraction of sp³-hybridized carbons (Fsp3) is 0.524. The third kappa shape index (κ3) is 2.98. The van der Waals surface area contributed by atoms with Crippen molar-refractivity contribution < 1.29 is 14.6 Å². The Labute approximate surface area is 173 Å². The van der Waals surface area contributed by atoms with Crippen LogP contribution >= 0.6 is 22.9 Å². The maximum Gasteiger partial charge on any atom is 0.233 e. The van der Waals surface area contributed by atoms with Gasteiger partial charge in [-0.1, -0.05) is 23.7 Å². The Morgan fingerprint density at radius 3 is 2.50 bits per heavy atom. The molecule has 1 amide bonds. The number of likely N-dealkylation sites (tertiary alicyclic amines) is 1. The number of aliphatic hydroxyl groups is 1. The van der Waals surface area contributed by atoms with E-state index in [-0.39, 0.29) is 23.5 Å². The Hall–Kier alpha value is -1.47. The van der Waals surface area contributed by atoms with Crippen LogP contribution in [0, 0.1) is 0 Å². The van der Waals surface area contributed by atoms with Crippen LogP contribution in [0.1, 0.15) is 42.7 Å². The number of piperidine rings is 1. The van der Waals surface area contributed by atoms with Gasteiger partial charge in [0.25, 0.3) is 0 Å². The lowest BCUT2D eigenvalue weighted by atomic mass is 9.83. The van der Waals surface area contributed by atoms with Crippen molar-refractivity contribution in [3.63, 3.8) is 0 Å². The van der Waals surface area contributed by atoms with Crippen molar-refractivity contribution in [2.75, 3.05) is 19.7 Å². The summed E-state index contributed by atoms with van der Waals surface area (Å²) < 4.78 is 6.11. The van der Waals surface area contributed by atoms with E-state index >= 15 is 0 Å². The van der Waals surface area contributed by atoms with E-state index in [4.69, 9.17) is 16.3 Å². The van der Waals surface area contributed by atoms with Gasteiger partial charge in [0, 0.05) is 36.1 Å². The monoisotopic (exact) mass is 418 g/mol. The molecule has 2 aliphatic heterocycles. The summed E-state index contributed by atoms with van der Waals surface area (Å²) in [4.78, 5) is 19.5. The molecule has 0 bridgehead atoms. The van der Waals surface area contributed by atoms with Crippen molar-refractivity contribution >= 4 is 28.8 Å². The van der Waals surface area contributed by atoms with Gasteiger partial charge in [0.1, 0.15) is 10.6 Å². The molecule has 1 aliphatic carbocycles. The summed E-state index contributed by atoms with van der Waals surface area (Å²) in [6, 6.07) is 7.68. The van der Waals surface area contributed by atoms with Gasteiger partial charge in [-0.3, -0.25) is 4.79 Å². The number of ether oxygens (including phenoxy) is 1. The molecule has 3 fully saturated rings. The van der Waals surface area contributed by atoms with E-state index in [9.17, 15) is 9.90 Å². The Morgan fingerprint density at radius 2 is 1.89 bits per heavy atom. The summed E-state index contributed by atoms with van der Waals surface area (Å²) in [7, 11) is 0. The van der Waals surface area contributed by atoms with E-state index in [0.717, 1.165) is 36.3 Å². The Kier molecular flexibility index (Phi) is 4.32. The molecule has 148 valence electrons. The van der Waals surface area contributed by atoms with E-state index in [1.165, 1.54) is 11.3 Å². The number of carbonyl (C=O) groups excluding carboxylic acids is 1. The summed E-state index contributed by atoms with van der Waals surface area (Å²) in [5.74, 6) is 0.220. The molecule has 1 N–H and O–H groups in total. The quantitative estimate of drug-likeness (QED) is 0.828. The standard InChI is InChI=1S/C21H23ClN2O3S/c22-16-3-1-15(2-4-16)20(5-6-20)18(25)24-10-7-19(8-11-24)13-21(26,14-27-19)17-23-9-12-28-17/h1-4,9,12,26H,5-8,10-11,13-14H2/t21-/m1/s1. The van der Waals surface area contributed by atoms with E-state index in [2.05, 4.69) is 4.98 Å². The van der Waals surface area contributed by atoms with E-state index in [1.807, 2.05) is 34.5 Å². The number of thiazole rings is 1. The molecule has 1 spiro atoms. The minimum Gasteiger partial charge on any atom is -0.380 e. The van der Waals surface area contributed by atoms with Crippen LogP contribution < -0.4 is 0 Å². The summed E-state index contributed by atoms with van der Waals surface area (Å²) in [5.41, 5.74) is -0.652. The summed E-state index contributed by atoms with van der Waals surface area (Å²) in [5, 5.41) is 14.3. The Morgan fingerprint density at radius 1 is 1.18 bits per heavy atom. The number of hydrogen-bond acceptors (Lipinski definition) is 5. The fourth-order valence-electron chi connectivity index (χ4n) is 4.76. The second kappa shape index (κ2) is 6.52. The number of rotatable bonds is 3. The van der Waals surface area contributed by atoms with Crippen molar-refractivity contribution in [1.82, 2.24) is 9.88 Å². The molecule has 1 aromatic carbocycles. The van der Waals surface area contributed by atoms with Crippen LogP contribution in [0.3, 0.4) is 0 Å². The number of aromatic nitrogens is 1. The van der Waals surface area contributed by atoms with Crippen molar-refractivity contribution in [3.05, 3.63) is 51.4 Å². The molecule has 3 aliphatic rings. The Bertz CT molecular complexity index is 874. The molecule has 1 aromatic heterocycles. The summed E-state index contributed by atoms with van der Waals surface area (Å²) in [6.45, 7) is 1.62. The second-order valence-corrected chi connectivity index (χ2v) is 9.73. The molecule has 2 saturated heterocycles. The van der Waals surface area contributed by atoms with Crippen LogP contribution in [0.25, 0.3) is 0 Å². The van der Waals surface area contributed by atoms with Gasteiger partial charge < -0.3 is 14.7 Å². The van der Waals surface area contributed by atoms with E-state index in [1.54, 1.807) is 6.20 Å². The first-order chi connectivity index (χ1) is 13.4. The van der Waals surface area contributed by atoms with Gasteiger partial charge in [-0.25, -0.2) is 4.98 Å². The third-order valence-electron chi connectivity index (χ3n) is 6.58. The minimum atomic E-state index is -0.999. The minimum absolute atomic E-state index is 0.220. The van der Waals surface area contributed by atoms with Crippen LogP contribution in [-0.2, 0) is 20.5 Å². The van der Waals surface area contributed by atoms with E-state index in [0.29, 0.717) is 24.5 Å². The molecule has 3 heterocycles. The number of halogens is 1. The average molecular weight is 419 g/mol. The van der Waals surface area contributed by atoms with Crippen molar-refractivity contribution in [1.29, 1.82) is 0 Å². The normalized spacial score (nSPS) is 27.9. The van der Waals surface area contributed by atoms with Crippen LogP contribution in [0.2, 0.25) is 5.02 Å². The SMILES string of the molecule is O=C(N1CCC2(CC1)C[C@](O)(c1nccs1)CO2)C1(c2ccc(Cl)cc2)CC1. The average Bonchev–Trinajstić information content (AvgIpc) is 3.17. The Balaban J connectivity index is 1.26. The zero-order valence-electron chi connectivity index (χ0n) is 15.6. The highest BCUT2D eigenvalue weighted by Crippen LogP contribution is 2.51. The lowest BCUT2D eigenvalue weighted by Crippen LogP contribution is -2.49. The van der Waals surface area contributed by atoms with Crippen LogP contribution in [0.15, 0.2) is 35.8 Å². The summed E-state index contributed by atoms with van der Waals surface area (Å²) in [6.07, 6.45) is 5.57. The van der Waals surface area contributed by atoms with Crippen LogP contribution in [0.5, 0.6) is 0 Å². The predicted octanol–water partition coefficient (Wildman–Crippen LogP) is 3.50. The highest BCUT2D eigenvalue weighted by molar-refractivity contribution is 7.09. The summed E-state index contributed by atoms with van der Waals surface area (Å²) >= 11 is 7.47. The van der Waals surface area contributed by atoms with Gasteiger partial charge in [0.15, 0.2) is 0 Å². The predicted molar refractivity (Wildman–Crippen MR) is 107 cm³/mol. The number of carbonyl (C=O) groups is 1. The molecule has 28 heavy (non-hydrogen) atoms. The van der Waals surface area contributed by atoms with Crippen LogP contribution in [0.4, 0.5) is 0 Å². The lowest BCUT2D eigenvalue weighted by molar-refractivity contribution is -0.138. The molecule has 5 rings (SSSR count). The van der Waals surface area contributed by atoms with Gasteiger partial charge >= 0.3 is 0 Å². The first-order valence-electron chi connectivity index (χ1n) is 9.77. The molecule has 0 radical (unpaired) electrons. The molecule has 1 saturated carbocycles. The first kappa shape index (κ1) is 18.6. The number of nitrogens with zero attached hydrogens (tertiary/aromatic N) is 2. The first-order valence-corrected chi connectivity index (χ1v) is 11.0. The third-order valence-corrected chi connectivity index (χ3v) is 7.80. The number of amides is 1. The smallest absolute Gasteiger partial charge is 0.233 e. The molecule has 7 heteroatoms. The second-order valence-electron chi connectivity index (χ2n) is 8.40. The maximum atomic E-state index is 13.3. The lowest BCUT2D eigenvalue weighted by Gasteiger charge is -2.40. The van der Waals surface area contributed by atoms with Crippen LogP contribution in [-0.4, -0.2) is 46.2 Å². The highest BCUT2D eigenvalue weighted by Gasteiger charge is 2.56. The van der Waals surface area contributed by atoms with E-state index < -0.39 is 5.60 Å². The van der Waals surface area contributed by atoms with Crippen molar-refractivity contribution in [2.45, 2.75) is 48.7 Å². The molecule has 2 aromatic rings. The zero-order valence-corrected chi connectivity index (χ0v) is 17.1. The maximum absolute atomic E-state index is 13.3. The van der Waals surface area contributed by atoms with Gasteiger partial charge in [-0.15, -0.1) is 11.3 Å². The zero-order chi connectivity index (χ0) is 19.4. The number of hydrogen-bond donors (Lipinski definition) is 1. The topological polar surface area (TPSA) is 62.7 Å². The molecule has 0 unspecified atom stereocenters. The highest BCUT2D eigenvalue weighted by atomic mass is 35.5.